The Morgan fingerprint density at radius 1 is 1.09 bits per heavy atom. The van der Waals surface area contributed by atoms with Gasteiger partial charge in [-0.1, -0.05) is 50.6 Å². The van der Waals surface area contributed by atoms with E-state index < -0.39 is 17.4 Å². The largest absolute Gasteiger partial charge is 0.370 e. The van der Waals surface area contributed by atoms with E-state index >= 15 is 0 Å². The quantitative estimate of drug-likeness (QED) is 0.148. The van der Waals surface area contributed by atoms with Crippen molar-refractivity contribution in [2.45, 2.75) is 71.9 Å². The fourth-order valence-corrected chi connectivity index (χ4v) is 3.16. The van der Waals surface area contributed by atoms with E-state index in [1.54, 1.807) is 0 Å². The number of Topliss-reactive ketones (excluding diaryl/α,β-unsaturated/α-hetero) is 1. The fourth-order valence-electron chi connectivity index (χ4n) is 3.16. The van der Waals surface area contributed by atoms with E-state index in [0.29, 0.717) is 25.8 Å². The Balaban J connectivity index is 2.77. The first-order valence-corrected chi connectivity index (χ1v) is 11.4. The minimum Gasteiger partial charge on any atom is -0.370 e. The van der Waals surface area contributed by atoms with E-state index in [2.05, 4.69) is 15.6 Å². The van der Waals surface area contributed by atoms with Gasteiger partial charge in [-0.3, -0.25) is 19.4 Å². The molecule has 0 fully saturated rings. The molecule has 9 nitrogen and oxygen atoms in total. The third-order valence-electron chi connectivity index (χ3n) is 5.87. The van der Waals surface area contributed by atoms with Crippen LogP contribution in [0.3, 0.4) is 0 Å². The van der Waals surface area contributed by atoms with Crippen LogP contribution in [-0.2, 0) is 20.8 Å². The fraction of sp³-hybridized carbons (Fsp3) is 0.583. The highest BCUT2D eigenvalue weighted by molar-refractivity contribution is 5.87. The molecule has 184 valence electrons. The molecule has 0 heterocycles. The number of hydrogen-bond acceptors (Lipinski definition) is 5. The molecule has 0 aliphatic carbocycles. The van der Waals surface area contributed by atoms with Gasteiger partial charge < -0.3 is 27.8 Å². The number of nitrogens with zero attached hydrogens (tertiary/aromatic N) is 1. The summed E-state index contributed by atoms with van der Waals surface area (Å²) in [5.41, 5.74) is 17.8. The Morgan fingerprint density at radius 2 is 1.73 bits per heavy atom. The van der Waals surface area contributed by atoms with Crippen molar-refractivity contribution in [2.24, 2.45) is 27.6 Å². The van der Waals surface area contributed by atoms with Crippen molar-refractivity contribution in [1.29, 1.82) is 0 Å². The van der Waals surface area contributed by atoms with Crippen LogP contribution in [0.2, 0.25) is 0 Å². The molecule has 0 aliphatic heterocycles. The molecular formula is C24H40N6O3. The predicted octanol–water partition coefficient (Wildman–Crippen LogP) is 0.915. The molecule has 2 amide bonds. The summed E-state index contributed by atoms with van der Waals surface area (Å²) in [5.74, 6) is -0.819. The molecule has 8 N–H and O–H groups in total. The second-order valence-corrected chi connectivity index (χ2v) is 9.10. The van der Waals surface area contributed by atoms with E-state index in [-0.39, 0.29) is 36.7 Å². The normalized spacial score (nSPS) is 13.1. The number of nitrogens with two attached hydrogens (primary N) is 3. The molecule has 2 atom stereocenters. The van der Waals surface area contributed by atoms with Crippen molar-refractivity contribution >= 4 is 23.6 Å². The summed E-state index contributed by atoms with van der Waals surface area (Å²) >= 11 is 0. The topological polar surface area (TPSA) is 166 Å². The van der Waals surface area contributed by atoms with E-state index in [9.17, 15) is 14.4 Å². The Morgan fingerprint density at radius 3 is 2.27 bits per heavy atom. The van der Waals surface area contributed by atoms with Gasteiger partial charge in [-0.25, -0.2) is 0 Å². The smallest absolute Gasteiger partial charge is 0.240 e. The zero-order chi connectivity index (χ0) is 25.0. The lowest BCUT2D eigenvalue weighted by Gasteiger charge is -2.24. The standard InChI is InChI=1S/C24H40N6O3/c1-5-24(3,4)20(31)15-29-18(7-6-12-28-23(26)27)14-21(32)30-19(22(25)33)13-17-10-8-16(2)9-11-17/h8-11,18-19,29H,5-7,12-15H2,1-4H3,(H2,25,33)(H,30,32)(H4,26,27,28)/t18-,19-/m0/s1. The number of rotatable bonds is 15. The lowest BCUT2D eigenvalue weighted by Crippen LogP contribution is -2.48. The van der Waals surface area contributed by atoms with Gasteiger partial charge in [0.15, 0.2) is 11.7 Å². The van der Waals surface area contributed by atoms with Crippen LogP contribution in [-0.4, -0.2) is 48.7 Å². The average molecular weight is 461 g/mol. The number of nitrogens with one attached hydrogen (secondary N) is 2. The lowest BCUT2D eigenvalue weighted by atomic mass is 9.85. The summed E-state index contributed by atoms with van der Waals surface area (Å²) < 4.78 is 0. The van der Waals surface area contributed by atoms with E-state index in [1.807, 2.05) is 52.0 Å². The molecule has 1 rings (SSSR count). The number of carbonyl (C=O) groups excluding carboxylic acids is 3. The van der Waals surface area contributed by atoms with Gasteiger partial charge in [0.25, 0.3) is 0 Å². The second kappa shape index (κ2) is 13.6. The molecule has 0 unspecified atom stereocenters. The molecule has 33 heavy (non-hydrogen) atoms. The number of hydrogen-bond donors (Lipinski definition) is 5. The molecular weight excluding hydrogens is 420 g/mol. The maximum atomic E-state index is 12.7. The molecule has 0 aliphatic rings. The number of aryl methyl sites for hydroxylation is 1. The van der Waals surface area contributed by atoms with Crippen LogP contribution in [0, 0.1) is 12.3 Å². The third-order valence-corrected chi connectivity index (χ3v) is 5.87. The van der Waals surface area contributed by atoms with E-state index in [0.717, 1.165) is 17.5 Å². The number of benzene rings is 1. The predicted molar refractivity (Wildman–Crippen MR) is 131 cm³/mol. The van der Waals surface area contributed by atoms with Crippen LogP contribution in [0.25, 0.3) is 0 Å². The van der Waals surface area contributed by atoms with Gasteiger partial charge in [-0.2, -0.15) is 0 Å². The van der Waals surface area contributed by atoms with Gasteiger partial charge in [0.2, 0.25) is 11.8 Å². The van der Waals surface area contributed by atoms with Gasteiger partial charge in [0.1, 0.15) is 6.04 Å². The summed E-state index contributed by atoms with van der Waals surface area (Å²) in [5, 5.41) is 5.94. The maximum absolute atomic E-state index is 12.7. The molecule has 1 aromatic rings. The number of guanidine groups is 1. The summed E-state index contributed by atoms with van der Waals surface area (Å²) in [4.78, 5) is 41.2. The molecule has 0 saturated carbocycles. The Labute approximate surface area is 196 Å². The lowest BCUT2D eigenvalue weighted by molar-refractivity contribution is -0.128. The molecule has 9 heteroatoms. The number of aliphatic imine (C=N–C) groups is 1. The van der Waals surface area contributed by atoms with E-state index in [1.165, 1.54) is 0 Å². The average Bonchev–Trinajstić information content (AvgIpc) is 2.75. The van der Waals surface area contributed by atoms with Gasteiger partial charge >= 0.3 is 0 Å². The zero-order valence-electron chi connectivity index (χ0n) is 20.3. The Hall–Kier alpha value is -2.94. The minimum atomic E-state index is -0.817. The number of primary amides is 1. The van der Waals surface area contributed by atoms with Crippen molar-refractivity contribution in [2.75, 3.05) is 13.1 Å². The SMILES string of the molecule is CCC(C)(C)C(=O)CN[C@@H](CCCN=C(N)N)CC(=O)N[C@@H](Cc1ccc(C)cc1)C(N)=O. The van der Waals surface area contributed by atoms with Gasteiger partial charge in [-0.05, 0) is 31.7 Å². The monoisotopic (exact) mass is 460 g/mol. The molecule has 1 aromatic carbocycles. The van der Waals surface area contributed by atoms with Crippen molar-refractivity contribution in [3.05, 3.63) is 35.4 Å². The van der Waals surface area contributed by atoms with Crippen LogP contribution >= 0.6 is 0 Å². The van der Waals surface area contributed by atoms with Crippen LogP contribution < -0.4 is 27.8 Å². The van der Waals surface area contributed by atoms with Crippen LogP contribution in [0.5, 0.6) is 0 Å². The highest BCUT2D eigenvalue weighted by Crippen LogP contribution is 2.20. The first-order chi connectivity index (χ1) is 15.4. The molecule has 0 bridgehead atoms. The summed E-state index contributed by atoms with van der Waals surface area (Å²) in [6, 6.07) is 6.62. The van der Waals surface area contributed by atoms with Crippen LogP contribution in [0.15, 0.2) is 29.3 Å². The number of carbonyl (C=O) groups is 3. The number of ketones is 1. The third kappa shape index (κ3) is 11.0. The van der Waals surface area contributed by atoms with Gasteiger partial charge in [-0.15, -0.1) is 0 Å². The van der Waals surface area contributed by atoms with E-state index in [4.69, 9.17) is 17.2 Å². The molecule has 0 aromatic heterocycles. The molecule has 0 saturated heterocycles. The minimum absolute atomic E-state index is 0.0116. The van der Waals surface area contributed by atoms with Crippen LogP contribution in [0.4, 0.5) is 0 Å². The Kier molecular flexibility index (Phi) is 11.6. The van der Waals surface area contributed by atoms with Crippen molar-refractivity contribution < 1.29 is 14.4 Å². The maximum Gasteiger partial charge on any atom is 0.240 e. The molecule has 0 spiro atoms. The van der Waals surface area contributed by atoms with Crippen LogP contribution in [0.1, 0.15) is 57.6 Å². The van der Waals surface area contributed by atoms with Crippen molar-refractivity contribution in [3.63, 3.8) is 0 Å². The van der Waals surface area contributed by atoms with Crippen molar-refractivity contribution in [1.82, 2.24) is 10.6 Å². The Bertz CT molecular complexity index is 816. The summed E-state index contributed by atoms with van der Waals surface area (Å²) in [7, 11) is 0. The number of amides is 2. The first-order valence-electron chi connectivity index (χ1n) is 11.4. The van der Waals surface area contributed by atoms with Crippen molar-refractivity contribution in [3.8, 4) is 0 Å². The summed E-state index contributed by atoms with van der Waals surface area (Å²) in [6.45, 7) is 8.33. The second-order valence-electron chi connectivity index (χ2n) is 9.10. The highest BCUT2D eigenvalue weighted by Gasteiger charge is 2.26. The first kappa shape index (κ1) is 28.1. The molecule has 0 radical (unpaired) electrons. The summed E-state index contributed by atoms with van der Waals surface area (Å²) in [6.07, 6.45) is 2.36. The van der Waals surface area contributed by atoms with Gasteiger partial charge in [0.05, 0.1) is 6.54 Å². The zero-order valence-corrected chi connectivity index (χ0v) is 20.3. The highest BCUT2D eigenvalue weighted by atomic mass is 16.2. The van der Waals surface area contributed by atoms with Gasteiger partial charge in [0, 0.05) is 30.8 Å².